The summed E-state index contributed by atoms with van der Waals surface area (Å²) in [6.07, 6.45) is 4.52. The van der Waals surface area contributed by atoms with E-state index in [0.29, 0.717) is 5.70 Å². The highest BCUT2D eigenvalue weighted by Gasteiger charge is 1.91. The molecule has 0 rings (SSSR count). The van der Waals surface area contributed by atoms with Crippen LogP contribution in [0, 0.1) is 0 Å². The molecular formula is C8H15NO. The Morgan fingerprint density at radius 3 is 2.60 bits per heavy atom. The van der Waals surface area contributed by atoms with Crippen LogP contribution in [0.1, 0.15) is 33.1 Å². The molecule has 2 N–H and O–H groups in total. The van der Waals surface area contributed by atoms with Crippen molar-refractivity contribution in [3.8, 4) is 0 Å². The summed E-state index contributed by atoms with van der Waals surface area (Å²) < 4.78 is 0. The molecule has 58 valence electrons. The van der Waals surface area contributed by atoms with Crippen LogP contribution in [-0.2, 0) is 4.79 Å². The van der Waals surface area contributed by atoms with Crippen molar-refractivity contribution < 1.29 is 4.79 Å². The fourth-order valence-electron chi connectivity index (χ4n) is 0.714. The number of unbranched alkanes of at least 4 members (excludes halogenated alkanes) is 1. The SMILES string of the molecule is CCCCC(N)=CC(C)=O. The van der Waals surface area contributed by atoms with E-state index in [-0.39, 0.29) is 5.78 Å². The van der Waals surface area contributed by atoms with Crippen LogP contribution >= 0.6 is 0 Å². The number of carbonyl (C=O) groups excluding carboxylic acids is 1. The highest BCUT2D eigenvalue weighted by Crippen LogP contribution is 2.00. The average Bonchev–Trinajstić information content (AvgIpc) is 1.82. The van der Waals surface area contributed by atoms with Crippen molar-refractivity contribution in [2.75, 3.05) is 0 Å². The van der Waals surface area contributed by atoms with Gasteiger partial charge >= 0.3 is 0 Å². The van der Waals surface area contributed by atoms with E-state index in [1.807, 2.05) is 0 Å². The van der Waals surface area contributed by atoms with E-state index in [1.165, 1.54) is 13.0 Å². The van der Waals surface area contributed by atoms with Crippen LogP contribution in [0.4, 0.5) is 0 Å². The molecule has 2 heteroatoms. The molecule has 0 amide bonds. The van der Waals surface area contributed by atoms with E-state index in [0.717, 1.165) is 19.3 Å². The van der Waals surface area contributed by atoms with Gasteiger partial charge in [0.2, 0.25) is 0 Å². The van der Waals surface area contributed by atoms with Gasteiger partial charge in [-0.25, -0.2) is 0 Å². The van der Waals surface area contributed by atoms with Gasteiger partial charge in [-0.2, -0.15) is 0 Å². The van der Waals surface area contributed by atoms with Crippen LogP contribution < -0.4 is 5.73 Å². The molecule has 0 aliphatic rings. The molecule has 0 atom stereocenters. The molecule has 0 aromatic rings. The number of hydrogen-bond acceptors (Lipinski definition) is 2. The van der Waals surface area contributed by atoms with E-state index in [1.54, 1.807) is 0 Å². The van der Waals surface area contributed by atoms with E-state index < -0.39 is 0 Å². The molecular weight excluding hydrogens is 126 g/mol. The second-order valence-electron chi connectivity index (χ2n) is 2.43. The molecule has 0 bridgehead atoms. The number of nitrogens with two attached hydrogens (primary N) is 1. The van der Waals surface area contributed by atoms with Gasteiger partial charge in [0.1, 0.15) is 0 Å². The lowest BCUT2D eigenvalue weighted by molar-refractivity contribution is -0.112. The van der Waals surface area contributed by atoms with Crippen LogP contribution in [0.3, 0.4) is 0 Å². The lowest BCUT2D eigenvalue weighted by Crippen LogP contribution is -1.99. The lowest BCUT2D eigenvalue weighted by atomic mass is 10.2. The minimum atomic E-state index is 0.0357. The van der Waals surface area contributed by atoms with Crippen LogP contribution in [0.15, 0.2) is 11.8 Å². The first-order chi connectivity index (χ1) is 4.66. The van der Waals surface area contributed by atoms with Crippen molar-refractivity contribution in [3.05, 3.63) is 11.8 Å². The molecule has 10 heavy (non-hydrogen) atoms. The normalized spacial score (nSPS) is 11.6. The summed E-state index contributed by atoms with van der Waals surface area (Å²) in [6.45, 7) is 3.61. The Morgan fingerprint density at radius 1 is 1.60 bits per heavy atom. The molecule has 0 radical (unpaired) electrons. The van der Waals surface area contributed by atoms with E-state index >= 15 is 0 Å². The minimum absolute atomic E-state index is 0.0357. The summed E-state index contributed by atoms with van der Waals surface area (Å²) in [4.78, 5) is 10.5. The smallest absolute Gasteiger partial charge is 0.154 e. The second kappa shape index (κ2) is 5.03. The zero-order valence-electron chi connectivity index (χ0n) is 6.68. The Balaban J connectivity index is 3.60. The van der Waals surface area contributed by atoms with Gasteiger partial charge in [0.15, 0.2) is 5.78 Å². The Kier molecular flexibility index (Phi) is 4.63. The molecule has 0 aliphatic carbocycles. The molecule has 0 aliphatic heterocycles. The third kappa shape index (κ3) is 5.35. The first-order valence-corrected chi connectivity index (χ1v) is 3.63. The molecule has 0 saturated carbocycles. The number of allylic oxidation sites excluding steroid dienone is 2. The van der Waals surface area contributed by atoms with Gasteiger partial charge < -0.3 is 5.73 Å². The average molecular weight is 141 g/mol. The zero-order chi connectivity index (χ0) is 7.98. The van der Waals surface area contributed by atoms with Crippen LogP contribution in [0.2, 0.25) is 0 Å². The summed E-state index contributed by atoms with van der Waals surface area (Å²) in [5.74, 6) is 0.0357. The van der Waals surface area contributed by atoms with Crippen molar-refractivity contribution in [1.82, 2.24) is 0 Å². The monoisotopic (exact) mass is 141 g/mol. The van der Waals surface area contributed by atoms with Gasteiger partial charge in [-0.15, -0.1) is 0 Å². The summed E-state index contributed by atoms with van der Waals surface area (Å²) in [7, 11) is 0. The van der Waals surface area contributed by atoms with Gasteiger partial charge in [0, 0.05) is 5.70 Å². The Hall–Kier alpha value is -0.790. The van der Waals surface area contributed by atoms with Gasteiger partial charge in [0.05, 0.1) is 0 Å². The van der Waals surface area contributed by atoms with Gasteiger partial charge in [-0.05, 0) is 25.8 Å². The maximum absolute atomic E-state index is 10.5. The molecule has 0 saturated heterocycles. The topological polar surface area (TPSA) is 43.1 Å². The fourth-order valence-corrected chi connectivity index (χ4v) is 0.714. The largest absolute Gasteiger partial charge is 0.402 e. The van der Waals surface area contributed by atoms with Gasteiger partial charge in [-0.3, -0.25) is 4.79 Å². The van der Waals surface area contributed by atoms with Gasteiger partial charge in [0.25, 0.3) is 0 Å². The summed E-state index contributed by atoms with van der Waals surface area (Å²) in [6, 6.07) is 0. The van der Waals surface area contributed by atoms with Crippen molar-refractivity contribution in [1.29, 1.82) is 0 Å². The highest BCUT2D eigenvalue weighted by molar-refractivity contribution is 5.87. The standard InChI is InChI=1S/C8H15NO/c1-3-4-5-8(9)6-7(2)10/h6H,3-5,9H2,1-2H3. The molecule has 0 fully saturated rings. The third-order valence-corrected chi connectivity index (χ3v) is 1.21. The summed E-state index contributed by atoms with van der Waals surface area (Å²) in [5.41, 5.74) is 6.20. The molecule has 0 aromatic carbocycles. The highest BCUT2D eigenvalue weighted by atomic mass is 16.1. The van der Waals surface area contributed by atoms with Gasteiger partial charge in [-0.1, -0.05) is 13.3 Å². The Bertz CT molecular complexity index is 138. The molecule has 0 aromatic heterocycles. The second-order valence-corrected chi connectivity index (χ2v) is 2.43. The number of carbonyl (C=O) groups is 1. The fraction of sp³-hybridized carbons (Fsp3) is 0.625. The van der Waals surface area contributed by atoms with Crippen molar-refractivity contribution >= 4 is 5.78 Å². The van der Waals surface area contributed by atoms with Crippen LogP contribution in [0.25, 0.3) is 0 Å². The number of ketones is 1. The minimum Gasteiger partial charge on any atom is -0.402 e. The Labute approximate surface area is 62.1 Å². The maximum Gasteiger partial charge on any atom is 0.154 e. The van der Waals surface area contributed by atoms with Crippen LogP contribution in [-0.4, -0.2) is 5.78 Å². The zero-order valence-corrected chi connectivity index (χ0v) is 6.68. The quantitative estimate of drug-likeness (QED) is 0.604. The third-order valence-electron chi connectivity index (χ3n) is 1.21. The number of rotatable bonds is 4. The molecule has 0 unspecified atom stereocenters. The van der Waals surface area contributed by atoms with Crippen LogP contribution in [0.5, 0.6) is 0 Å². The van der Waals surface area contributed by atoms with E-state index in [9.17, 15) is 4.79 Å². The first-order valence-electron chi connectivity index (χ1n) is 3.63. The number of hydrogen-bond donors (Lipinski definition) is 1. The Morgan fingerprint density at radius 2 is 2.20 bits per heavy atom. The molecule has 0 heterocycles. The molecule has 0 spiro atoms. The van der Waals surface area contributed by atoms with Crippen molar-refractivity contribution in [2.24, 2.45) is 5.73 Å². The predicted octanol–water partition coefficient (Wildman–Crippen LogP) is 1.61. The summed E-state index contributed by atoms with van der Waals surface area (Å²) in [5, 5.41) is 0. The molecule has 2 nitrogen and oxygen atoms in total. The van der Waals surface area contributed by atoms with Crippen molar-refractivity contribution in [3.63, 3.8) is 0 Å². The maximum atomic E-state index is 10.5. The predicted molar refractivity (Wildman–Crippen MR) is 42.5 cm³/mol. The van der Waals surface area contributed by atoms with E-state index in [2.05, 4.69) is 6.92 Å². The van der Waals surface area contributed by atoms with Crippen molar-refractivity contribution in [2.45, 2.75) is 33.1 Å². The van der Waals surface area contributed by atoms with E-state index in [4.69, 9.17) is 5.73 Å². The summed E-state index contributed by atoms with van der Waals surface area (Å²) >= 11 is 0. The lowest BCUT2D eigenvalue weighted by Gasteiger charge is -1.96. The first kappa shape index (κ1) is 9.21.